The van der Waals surface area contributed by atoms with Crippen LogP contribution in [0.15, 0.2) is 24.3 Å². The van der Waals surface area contributed by atoms with Crippen LogP contribution in [-0.2, 0) is 25.6 Å². The number of aliphatic carboxylic acids is 1. The number of nitrogens with two attached hydrogens (primary N) is 1. The highest BCUT2D eigenvalue weighted by atomic mass is 16.4. The summed E-state index contributed by atoms with van der Waals surface area (Å²) in [6, 6.07) is 2.92. The average molecular weight is 465 g/mol. The van der Waals surface area contributed by atoms with Gasteiger partial charge in [-0.25, -0.2) is 4.79 Å². The van der Waals surface area contributed by atoms with Crippen molar-refractivity contribution < 1.29 is 29.4 Å². The normalized spacial score (nSPS) is 14.6. The van der Waals surface area contributed by atoms with Crippen LogP contribution in [0.3, 0.4) is 0 Å². The molecule has 33 heavy (non-hydrogen) atoms. The molecule has 1 aromatic carbocycles. The van der Waals surface area contributed by atoms with E-state index in [0.29, 0.717) is 12.0 Å². The Balaban J connectivity index is 3.00. The fourth-order valence-electron chi connectivity index (χ4n) is 3.24. The average Bonchev–Trinajstić information content (AvgIpc) is 2.76. The van der Waals surface area contributed by atoms with Crippen LogP contribution in [0.2, 0.25) is 0 Å². The van der Waals surface area contributed by atoms with Gasteiger partial charge in [-0.3, -0.25) is 14.4 Å². The van der Waals surface area contributed by atoms with Gasteiger partial charge < -0.3 is 31.9 Å². The van der Waals surface area contributed by atoms with Crippen LogP contribution in [0.1, 0.15) is 46.1 Å². The second-order valence-corrected chi connectivity index (χ2v) is 8.60. The molecule has 1 aromatic rings. The smallest absolute Gasteiger partial charge is 0.326 e. The van der Waals surface area contributed by atoms with Crippen LogP contribution in [0.5, 0.6) is 5.75 Å². The minimum absolute atomic E-state index is 0.00570. The third-order valence-corrected chi connectivity index (χ3v) is 5.33. The highest BCUT2D eigenvalue weighted by molar-refractivity contribution is 5.93. The predicted octanol–water partition coefficient (Wildman–Crippen LogP) is 0.525. The zero-order valence-corrected chi connectivity index (χ0v) is 19.6. The first-order chi connectivity index (χ1) is 15.5. The summed E-state index contributed by atoms with van der Waals surface area (Å²) in [7, 11) is 0. The maximum absolute atomic E-state index is 13.0. The fourth-order valence-corrected chi connectivity index (χ4v) is 3.24. The molecule has 0 heterocycles. The third-order valence-electron chi connectivity index (χ3n) is 5.33. The van der Waals surface area contributed by atoms with Crippen molar-refractivity contribution in [3.8, 4) is 5.75 Å². The second kappa shape index (κ2) is 13.4. The van der Waals surface area contributed by atoms with Crippen molar-refractivity contribution >= 4 is 23.7 Å². The van der Waals surface area contributed by atoms with E-state index in [1.165, 1.54) is 12.1 Å². The Morgan fingerprint density at radius 1 is 0.939 bits per heavy atom. The van der Waals surface area contributed by atoms with Crippen LogP contribution in [0.4, 0.5) is 0 Å². The molecule has 0 radical (unpaired) electrons. The Kier molecular flexibility index (Phi) is 11.3. The molecule has 3 amide bonds. The Hall–Kier alpha value is -3.14. The molecule has 10 nitrogen and oxygen atoms in total. The molecule has 4 atom stereocenters. The first-order valence-electron chi connectivity index (χ1n) is 11.1. The zero-order chi connectivity index (χ0) is 25.1. The Labute approximate surface area is 194 Å². The van der Waals surface area contributed by atoms with Gasteiger partial charge in [-0.15, -0.1) is 0 Å². The molecule has 0 spiro atoms. The van der Waals surface area contributed by atoms with Crippen LogP contribution < -0.4 is 21.7 Å². The number of phenolic OH excluding ortho intramolecular Hbond substituents is 1. The number of aromatic hydroxyl groups is 1. The van der Waals surface area contributed by atoms with Gasteiger partial charge >= 0.3 is 5.97 Å². The maximum atomic E-state index is 13.0. The van der Waals surface area contributed by atoms with Crippen molar-refractivity contribution in [3.63, 3.8) is 0 Å². The van der Waals surface area contributed by atoms with Crippen molar-refractivity contribution in [1.29, 1.82) is 0 Å². The molecule has 0 aliphatic rings. The van der Waals surface area contributed by atoms with Crippen molar-refractivity contribution in [3.05, 3.63) is 29.8 Å². The SMILES string of the molecule is CCC(C)C(NC(=O)CN)C(=O)NC(CC(C)C)C(=O)NC(Cc1ccc(O)cc1)C(=O)O. The molecule has 0 bridgehead atoms. The lowest BCUT2D eigenvalue weighted by atomic mass is 9.96. The first kappa shape index (κ1) is 27.9. The summed E-state index contributed by atoms with van der Waals surface area (Å²) in [5.41, 5.74) is 5.97. The summed E-state index contributed by atoms with van der Waals surface area (Å²) in [6.45, 7) is 7.16. The number of amides is 3. The van der Waals surface area contributed by atoms with Crippen molar-refractivity contribution in [2.45, 2.75) is 65.1 Å². The number of phenols is 1. The molecule has 184 valence electrons. The summed E-state index contributed by atoms with van der Waals surface area (Å²) in [5.74, 6) is -2.99. The van der Waals surface area contributed by atoms with Gasteiger partial charge in [-0.05, 0) is 36.0 Å². The topological polar surface area (TPSA) is 171 Å². The van der Waals surface area contributed by atoms with Gasteiger partial charge in [0.2, 0.25) is 17.7 Å². The molecule has 0 saturated heterocycles. The van der Waals surface area contributed by atoms with E-state index >= 15 is 0 Å². The Bertz CT molecular complexity index is 812. The predicted molar refractivity (Wildman–Crippen MR) is 123 cm³/mol. The molecule has 7 N–H and O–H groups in total. The molecule has 0 aliphatic heterocycles. The molecule has 0 aromatic heterocycles. The molecular formula is C23H36N4O6. The number of carboxylic acids is 1. The van der Waals surface area contributed by atoms with Gasteiger partial charge in [0.05, 0.1) is 6.54 Å². The van der Waals surface area contributed by atoms with E-state index in [1.54, 1.807) is 19.1 Å². The van der Waals surface area contributed by atoms with E-state index in [1.807, 2.05) is 20.8 Å². The number of carbonyl (C=O) groups excluding carboxylic acids is 3. The van der Waals surface area contributed by atoms with Crippen LogP contribution in [0.25, 0.3) is 0 Å². The van der Waals surface area contributed by atoms with Gasteiger partial charge in [-0.1, -0.05) is 46.2 Å². The van der Waals surface area contributed by atoms with Gasteiger partial charge in [0.25, 0.3) is 0 Å². The molecular weight excluding hydrogens is 428 g/mol. The van der Waals surface area contributed by atoms with Crippen LogP contribution in [-0.4, -0.2) is 58.6 Å². The van der Waals surface area contributed by atoms with E-state index in [4.69, 9.17) is 5.73 Å². The highest BCUT2D eigenvalue weighted by Crippen LogP contribution is 2.13. The monoisotopic (exact) mass is 464 g/mol. The summed E-state index contributed by atoms with van der Waals surface area (Å²) in [6.07, 6.45) is 0.893. The quantitative estimate of drug-likeness (QED) is 0.247. The van der Waals surface area contributed by atoms with Gasteiger partial charge in [0.1, 0.15) is 23.9 Å². The lowest BCUT2D eigenvalue weighted by molar-refractivity contribution is -0.142. The Morgan fingerprint density at radius 2 is 1.52 bits per heavy atom. The number of hydrogen-bond donors (Lipinski definition) is 6. The number of nitrogens with one attached hydrogen (secondary N) is 3. The fraction of sp³-hybridized carbons (Fsp3) is 0.565. The summed E-state index contributed by atoms with van der Waals surface area (Å²) >= 11 is 0. The van der Waals surface area contributed by atoms with Gasteiger partial charge in [0, 0.05) is 6.42 Å². The second-order valence-electron chi connectivity index (χ2n) is 8.60. The third kappa shape index (κ3) is 9.48. The molecule has 1 rings (SSSR count). The molecule has 0 aliphatic carbocycles. The van der Waals surface area contributed by atoms with E-state index in [-0.39, 0.29) is 37.0 Å². The summed E-state index contributed by atoms with van der Waals surface area (Å²) in [4.78, 5) is 49.5. The maximum Gasteiger partial charge on any atom is 0.326 e. The minimum atomic E-state index is -1.23. The molecule has 0 fully saturated rings. The molecule has 10 heteroatoms. The van der Waals surface area contributed by atoms with Gasteiger partial charge in [-0.2, -0.15) is 0 Å². The minimum Gasteiger partial charge on any atom is -0.508 e. The zero-order valence-electron chi connectivity index (χ0n) is 19.6. The summed E-state index contributed by atoms with van der Waals surface area (Å²) in [5, 5.41) is 26.8. The van der Waals surface area contributed by atoms with Crippen molar-refractivity contribution in [2.75, 3.05) is 6.54 Å². The largest absolute Gasteiger partial charge is 0.508 e. The van der Waals surface area contributed by atoms with E-state index < -0.39 is 41.8 Å². The van der Waals surface area contributed by atoms with E-state index in [0.717, 1.165) is 0 Å². The van der Waals surface area contributed by atoms with Crippen LogP contribution >= 0.6 is 0 Å². The standard InChI is InChI=1S/C23H36N4O6/c1-5-14(4)20(27-19(29)12-24)22(31)25-17(10-13(2)3)21(30)26-18(23(32)33)11-15-6-8-16(28)9-7-15/h6-9,13-14,17-18,20,28H,5,10-12,24H2,1-4H3,(H,25,31)(H,26,30)(H,27,29)(H,32,33). The number of carbonyl (C=O) groups is 4. The molecule has 4 unspecified atom stereocenters. The lowest BCUT2D eigenvalue weighted by Crippen LogP contribution is -2.58. The number of hydrogen-bond acceptors (Lipinski definition) is 6. The van der Waals surface area contributed by atoms with E-state index in [2.05, 4.69) is 16.0 Å². The Morgan fingerprint density at radius 3 is 2.00 bits per heavy atom. The first-order valence-corrected chi connectivity index (χ1v) is 11.1. The highest BCUT2D eigenvalue weighted by Gasteiger charge is 2.31. The summed E-state index contributed by atoms with van der Waals surface area (Å²) < 4.78 is 0. The number of benzene rings is 1. The van der Waals surface area contributed by atoms with Gasteiger partial charge in [0.15, 0.2) is 0 Å². The van der Waals surface area contributed by atoms with Crippen molar-refractivity contribution in [2.24, 2.45) is 17.6 Å². The number of rotatable bonds is 13. The lowest BCUT2D eigenvalue weighted by Gasteiger charge is -2.27. The molecule has 0 saturated carbocycles. The van der Waals surface area contributed by atoms with E-state index in [9.17, 15) is 29.4 Å². The van der Waals surface area contributed by atoms with Crippen molar-refractivity contribution in [1.82, 2.24) is 16.0 Å². The van der Waals surface area contributed by atoms with Crippen LogP contribution in [0, 0.1) is 11.8 Å². The number of carboxylic acid groups (broad SMARTS) is 1.